The number of aromatic nitrogens is 3. The van der Waals surface area contributed by atoms with Crippen LogP contribution in [-0.2, 0) is 24.4 Å². The van der Waals surface area contributed by atoms with Crippen molar-refractivity contribution in [1.82, 2.24) is 19.7 Å². The minimum atomic E-state index is -0.195. The molecular formula is C32H30N4O2. The number of ether oxygens (including phenoxy) is 1. The van der Waals surface area contributed by atoms with Gasteiger partial charge in [-0.15, -0.1) is 0 Å². The van der Waals surface area contributed by atoms with E-state index in [1.165, 1.54) is 11.1 Å². The molecule has 1 aliphatic rings. The van der Waals surface area contributed by atoms with Gasteiger partial charge in [0.2, 0.25) is 0 Å². The number of fused-ring (bicyclic) bond motifs is 1. The number of Topliss-reactive ketones (excluding diaryl/α,β-unsaturated/α-hetero) is 1. The average Bonchev–Trinajstić information content (AvgIpc) is 3.30. The van der Waals surface area contributed by atoms with Crippen LogP contribution in [0.1, 0.15) is 28.4 Å². The molecule has 3 heterocycles. The van der Waals surface area contributed by atoms with Gasteiger partial charge in [-0.25, -0.2) is 0 Å². The van der Waals surface area contributed by atoms with Crippen molar-refractivity contribution in [2.45, 2.75) is 32.1 Å². The molecule has 0 saturated carbocycles. The van der Waals surface area contributed by atoms with E-state index in [9.17, 15) is 4.79 Å². The molecule has 0 aliphatic carbocycles. The van der Waals surface area contributed by atoms with Crippen LogP contribution in [0, 0.1) is 0 Å². The molecule has 0 spiro atoms. The molecule has 0 amide bonds. The summed E-state index contributed by atoms with van der Waals surface area (Å²) in [6.07, 6.45) is 5.45. The van der Waals surface area contributed by atoms with Crippen molar-refractivity contribution in [1.29, 1.82) is 0 Å². The van der Waals surface area contributed by atoms with Crippen LogP contribution in [0.15, 0.2) is 104 Å². The molecule has 5 aromatic rings. The third kappa shape index (κ3) is 4.76. The Kier molecular flexibility index (Phi) is 6.58. The molecule has 0 N–H and O–H groups in total. The topological polar surface area (TPSA) is 60.2 Å². The lowest BCUT2D eigenvalue weighted by Gasteiger charge is -2.50. The Labute approximate surface area is 222 Å². The van der Waals surface area contributed by atoms with Gasteiger partial charge in [0.1, 0.15) is 0 Å². The molecule has 0 atom stereocenters. The van der Waals surface area contributed by atoms with E-state index in [4.69, 9.17) is 4.74 Å². The molecule has 6 heteroatoms. The average molecular weight is 503 g/mol. The minimum absolute atomic E-state index is 0.0584. The Morgan fingerprint density at radius 3 is 2.13 bits per heavy atom. The van der Waals surface area contributed by atoms with Crippen molar-refractivity contribution in [3.8, 4) is 11.1 Å². The Hall–Kier alpha value is -4.13. The zero-order valence-electron chi connectivity index (χ0n) is 21.5. The van der Waals surface area contributed by atoms with Crippen molar-refractivity contribution in [2.24, 2.45) is 0 Å². The lowest BCUT2D eigenvalue weighted by atomic mass is 9.92. The first-order valence-electron chi connectivity index (χ1n) is 12.9. The highest BCUT2D eigenvalue weighted by Crippen LogP contribution is 2.34. The molecule has 0 bridgehead atoms. The molecule has 3 aromatic carbocycles. The molecule has 2 aromatic heterocycles. The van der Waals surface area contributed by atoms with Crippen molar-refractivity contribution in [3.63, 3.8) is 0 Å². The van der Waals surface area contributed by atoms with E-state index in [2.05, 4.69) is 98.5 Å². The number of carbonyl (C=O) groups excluding carboxylic acids is 1. The van der Waals surface area contributed by atoms with E-state index in [1.807, 2.05) is 12.3 Å². The number of ketones is 1. The summed E-state index contributed by atoms with van der Waals surface area (Å²) < 4.78 is 8.12. The third-order valence-corrected chi connectivity index (χ3v) is 7.49. The number of hydrogen-bond donors (Lipinski definition) is 0. The van der Waals surface area contributed by atoms with Crippen LogP contribution in [0.2, 0.25) is 0 Å². The number of benzene rings is 3. The van der Waals surface area contributed by atoms with Gasteiger partial charge in [-0.2, -0.15) is 10.2 Å². The zero-order chi connectivity index (χ0) is 26.0. The highest BCUT2D eigenvalue weighted by atomic mass is 16.5. The lowest BCUT2D eigenvalue weighted by molar-refractivity contribution is -0.155. The van der Waals surface area contributed by atoms with Gasteiger partial charge in [0.15, 0.2) is 5.78 Å². The van der Waals surface area contributed by atoms with E-state index < -0.39 is 0 Å². The number of nitrogens with zero attached hydrogens (tertiary/aromatic N) is 4. The standard InChI is InChI=1S/C32H30N4O2/c1-24(37)30-20-35(31-13-12-27(16-29(30)31)28-14-15-33-34-17-28)21-32(22-38-23-32)36(18-25-8-4-2-5-9-25)19-26-10-6-3-7-11-26/h2-17,20H,18-19,21-23H2,1H3. The SMILES string of the molecule is CC(=O)c1cn(CC2(N(Cc3ccccc3)Cc3ccccc3)COC2)c2ccc(-c3ccnnc3)cc12. The van der Waals surface area contributed by atoms with E-state index in [1.54, 1.807) is 19.3 Å². The summed E-state index contributed by atoms with van der Waals surface area (Å²) in [5.41, 5.74) is 6.12. The van der Waals surface area contributed by atoms with Crippen molar-refractivity contribution in [2.75, 3.05) is 13.2 Å². The zero-order valence-corrected chi connectivity index (χ0v) is 21.5. The van der Waals surface area contributed by atoms with E-state index in [0.717, 1.165) is 47.2 Å². The highest BCUT2D eigenvalue weighted by Gasteiger charge is 2.44. The lowest BCUT2D eigenvalue weighted by Crippen LogP contribution is -2.63. The first-order chi connectivity index (χ1) is 18.6. The normalized spacial score (nSPS) is 14.5. The van der Waals surface area contributed by atoms with Gasteiger partial charge in [0.25, 0.3) is 0 Å². The number of hydrogen-bond acceptors (Lipinski definition) is 5. The highest BCUT2D eigenvalue weighted by molar-refractivity contribution is 6.07. The van der Waals surface area contributed by atoms with Crippen molar-refractivity contribution < 1.29 is 9.53 Å². The molecule has 190 valence electrons. The second-order valence-electron chi connectivity index (χ2n) is 10.1. The largest absolute Gasteiger partial charge is 0.377 e. The molecule has 1 saturated heterocycles. The first kappa shape index (κ1) is 24.2. The Bertz CT molecular complexity index is 1500. The summed E-state index contributed by atoms with van der Waals surface area (Å²) in [7, 11) is 0. The molecule has 0 radical (unpaired) electrons. The molecule has 6 nitrogen and oxygen atoms in total. The monoisotopic (exact) mass is 502 g/mol. The summed E-state index contributed by atoms with van der Waals surface area (Å²) in [4.78, 5) is 15.3. The van der Waals surface area contributed by atoms with Gasteiger partial charge in [0.05, 0.1) is 31.1 Å². The Balaban J connectivity index is 1.39. The van der Waals surface area contributed by atoms with Gasteiger partial charge >= 0.3 is 0 Å². The minimum Gasteiger partial charge on any atom is -0.377 e. The second-order valence-corrected chi connectivity index (χ2v) is 10.1. The second kappa shape index (κ2) is 10.3. The van der Waals surface area contributed by atoms with E-state index in [0.29, 0.717) is 13.2 Å². The summed E-state index contributed by atoms with van der Waals surface area (Å²) in [5, 5.41) is 8.87. The van der Waals surface area contributed by atoms with Gasteiger partial charge in [-0.1, -0.05) is 66.7 Å². The van der Waals surface area contributed by atoms with Crippen LogP contribution in [0.4, 0.5) is 0 Å². The van der Waals surface area contributed by atoms with E-state index in [-0.39, 0.29) is 11.3 Å². The fourth-order valence-corrected chi connectivity index (χ4v) is 5.38. The van der Waals surface area contributed by atoms with Crippen LogP contribution in [0.5, 0.6) is 0 Å². The van der Waals surface area contributed by atoms with Crippen molar-refractivity contribution >= 4 is 16.7 Å². The summed E-state index contributed by atoms with van der Waals surface area (Å²) in [6, 6.07) is 29.4. The predicted molar refractivity (Wildman–Crippen MR) is 149 cm³/mol. The molecule has 1 fully saturated rings. The fourth-order valence-electron chi connectivity index (χ4n) is 5.38. The Morgan fingerprint density at radius 2 is 1.58 bits per heavy atom. The fraction of sp³-hybridized carbons (Fsp3) is 0.219. The van der Waals surface area contributed by atoms with E-state index >= 15 is 0 Å². The molecular weight excluding hydrogens is 472 g/mol. The van der Waals surface area contributed by atoms with Gasteiger partial charge in [-0.05, 0) is 41.8 Å². The molecule has 1 aliphatic heterocycles. The molecule has 38 heavy (non-hydrogen) atoms. The molecule has 6 rings (SSSR count). The number of carbonyl (C=O) groups is 1. The maximum atomic E-state index is 12.7. The van der Waals surface area contributed by atoms with Crippen LogP contribution in [-0.4, -0.2) is 44.2 Å². The first-order valence-corrected chi connectivity index (χ1v) is 12.9. The predicted octanol–water partition coefficient (Wildman–Crippen LogP) is 5.77. The summed E-state index contributed by atoms with van der Waals surface area (Å²) in [6.45, 7) is 5.28. The van der Waals surface area contributed by atoms with Gasteiger partial charge < -0.3 is 9.30 Å². The number of rotatable bonds is 9. The van der Waals surface area contributed by atoms with Crippen LogP contribution < -0.4 is 0 Å². The smallest absolute Gasteiger partial charge is 0.161 e. The Morgan fingerprint density at radius 1 is 0.895 bits per heavy atom. The maximum Gasteiger partial charge on any atom is 0.161 e. The van der Waals surface area contributed by atoms with Crippen molar-refractivity contribution in [3.05, 3.63) is 120 Å². The van der Waals surface area contributed by atoms with Gasteiger partial charge in [-0.3, -0.25) is 9.69 Å². The van der Waals surface area contributed by atoms with Crippen LogP contribution in [0.3, 0.4) is 0 Å². The maximum absolute atomic E-state index is 12.7. The third-order valence-electron chi connectivity index (χ3n) is 7.49. The summed E-state index contributed by atoms with van der Waals surface area (Å²) >= 11 is 0. The van der Waals surface area contributed by atoms with Crippen LogP contribution in [0.25, 0.3) is 22.0 Å². The summed E-state index contributed by atoms with van der Waals surface area (Å²) in [5.74, 6) is 0.0584. The van der Waals surface area contributed by atoms with Crippen LogP contribution >= 0.6 is 0 Å². The quantitative estimate of drug-likeness (QED) is 0.240. The molecule has 0 unspecified atom stereocenters. The van der Waals surface area contributed by atoms with Gasteiger partial charge in [0, 0.05) is 47.9 Å².